The van der Waals surface area contributed by atoms with Gasteiger partial charge in [-0.25, -0.2) is 13.2 Å². The van der Waals surface area contributed by atoms with Crippen molar-refractivity contribution in [3.8, 4) is 0 Å². The van der Waals surface area contributed by atoms with E-state index in [1.807, 2.05) is 6.92 Å². The van der Waals surface area contributed by atoms with Gasteiger partial charge in [-0.3, -0.25) is 4.79 Å². The number of hydrogen-bond acceptors (Lipinski definition) is 5. The number of nitrogens with zero attached hydrogens (tertiary/aromatic N) is 1. The molecule has 2 aliphatic heterocycles. The lowest BCUT2D eigenvalue weighted by Gasteiger charge is -2.47. The summed E-state index contributed by atoms with van der Waals surface area (Å²) in [7, 11) is 0. The van der Waals surface area contributed by atoms with E-state index in [1.54, 1.807) is 6.07 Å². The van der Waals surface area contributed by atoms with Crippen molar-refractivity contribution in [1.29, 1.82) is 0 Å². The Bertz CT molecular complexity index is 1040. The van der Waals surface area contributed by atoms with Crippen LogP contribution in [-0.2, 0) is 11.2 Å². The maximum Gasteiger partial charge on any atom is 0.256 e. The van der Waals surface area contributed by atoms with Gasteiger partial charge in [0.05, 0.1) is 30.0 Å². The third kappa shape index (κ3) is 5.37. The Morgan fingerprint density at radius 2 is 1.88 bits per heavy atom. The molecule has 4 rings (SSSR count). The van der Waals surface area contributed by atoms with E-state index < -0.39 is 34.6 Å². The van der Waals surface area contributed by atoms with E-state index in [2.05, 4.69) is 10.6 Å². The molecule has 2 aromatic rings. The number of carbonyl (C=O) groups excluding carboxylic acids is 1. The molecule has 34 heavy (non-hydrogen) atoms. The van der Waals surface area contributed by atoms with Gasteiger partial charge in [-0.1, -0.05) is 13.0 Å². The minimum absolute atomic E-state index is 0.0601. The molecule has 2 saturated heterocycles. The van der Waals surface area contributed by atoms with Gasteiger partial charge in [0, 0.05) is 19.8 Å². The Morgan fingerprint density at radius 3 is 2.56 bits per heavy atom. The molecule has 0 bridgehead atoms. The van der Waals surface area contributed by atoms with Gasteiger partial charge in [0.25, 0.3) is 5.91 Å². The molecule has 184 valence electrons. The Hall–Kier alpha value is -2.62. The number of rotatable bonds is 8. The first-order chi connectivity index (χ1) is 16.3. The SMILES string of the molecule is CCc1ccc(Nc2c(C(=O)N3CC(O)(CNCC4CCOCC4)C3)ccc(F)c2F)c(F)c1. The van der Waals surface area contributed by atoms with Crippen LogP contribution in [-0.4, -0.2) is 60.9 Å². The van der Waals surface area contributed by atoms with E-state index >= 15 is 0 Å². The lowest BCUT2D eigenvalue weighted by Crippen LogP contribution is -2.67. The smallest absolute Gasteiger partial charge is 0.256 e. The Labute approximate surface area is 197 Å². The summed E-state index contributed by atoms with van der Waals surface area (Å²) in [5, 5.41) is 16.5. The van der Waals surface area contributed by atoms with Crippen molar-refractivity contribution in [2.45, 2.75) is 31.8 Å². The normalized spacial score (nSPS) is 18.0. The summed E-state index contributed by atoms with van der Waals surface area (Å²) in [5.74, 6) is -3.12. The van der Waals surface area contributed by atoms with Gasteiger partial charge in [0.1, 0.15) is 11.4 Å². The molecular weight excluding hydrogens is 447 g/mol. The van der Waals surface area contributed by atoms with Crippen molar-refractivity contribution in [1.82, 2.24) is 10.2 Å². The second-order valence-corrected chi connectivity index (χ2v) is 9.15. The number of amides is 1. The van der Waals surface area contributed by atoms with Crippen molar-refractivity contribution < 1.29 is 27.8 Å². The van der Waals surface area contributed by atoms with Crippen LogP contribution in [0.15, 0.2) is 30.3 Å². The number of halogens is 3. The van der Waals surface area contributed by atoms with Crippen LogP contribution >= 0.6 is 0 Å². The highest BCUT2D eigenvalue weighted by molar-refractivity contribution is 6.01. The predicted octanol–water partition coefficient (Wildman–Crippen LogP) is 3.61. The molecule has 0 spiro atoms. The van der Waals surface area contributed by atoms with Crippen molar-refractivity contribution in [3.63, 3.8) is 0 Å². The molecule has 0 atom stereocenters. The predicted molar refractivity (Wildman–Crippen MR) is 123 cm³/mol. The second kappa shape index (κ2) is 10.3. The van der Waals surface area contributed by atoms with Gasteiger partial charge >= 0.3 is 0 Å². The van der Waals surface area contributed by atoms with Crippen LogP contribution in [0.25, 0.3) is 0 Å². The van der Waals surface area contributed by atoms with Gasteiger partial charge in [0.2, 0.25) is 0 Å². The number of β-amino-alcohol motifs (C(OH)–C–C–N with tert-alkyl or cyclic N) is 1. The zero-order valence-electron chi connectivity index (χ0n) is 19.2. The monoisotopic (exact) mass is 477 g/mol. The van der Waals surface area contributed by atoms with Gasteiger partial charge in [0.15, 0.2) is 11.6 Å². The van der Waals surface area contributed by atoms with Gasteiger partial charge in [-0.2, -0.15) is 0 Å². The third-order valence-corrected chi connectivity index (χ3v) is 6.51. The zero-order chi connectivity index (χ0) is 24.3. The molecule has 2 heterocycles. The summed E-state index contributed by atoms with van der Waals surface area (Å²) in [6.45, 7) is 4.58. The average Bonchev–Trinajstić information content (AvgIpc) is 2.81. The summed E-state index contributed by atoms with van der Waals surface area (Å²) in [6, 6.07) is 6.45. The van der Waals surface area contributed by atoms with Crippen molar-refractivity contribution in [3.05, 3.63) is 58.9 Å². The summed E-state index contributed by atoms with van der Waals surface area (Å²) in [5.41, 5.74) is -0.955. The Kier molecular flexibility index (Phi) is 7.45. The van der Waals surface area contributed by atoms with Crippen LogP contribution in [0.4, 0.5) is 24.5 Å². The molecule has 0 unspecified atom stereocenters. The summed E-state index contributed by atoms with van der Waals surface area (Å²) < 4.78 is 48.4. The lowest BCUT2D eigenvalue weighted by molar-refractivity contribution is -0.0792. The maximum atomic E-state index is 14.7. The van der Waals surface area contributed by atoms with Crippen molar-refractivity contribution in [2.24, 2.45) is 5.92 Å². The molecule has 0 saturated carbocycles. The fourth-order valence-corrected chi connectivity index (χ4v) is 4.42. The highest BCUT2D eigenvalue weighted by Gasteiger charge is 2.44. The molecule has 0 aromatic heterocycles. The van der Waals surface area contributed by atoms with E-state index in [-0.39, 0.29) is 24.3 Å². The number of likely N-dealkylation sites (tertiary alicyclic amines) is 1. The van der Waals surface area contributed by atoms with E-state index in [0.29, 0.717) is 18.9 Å². The van der Waals surface area contributed by atoms with Crippen LogP contribution in [0.3, 0.4) is 0 Å². The maximum absolute atomic E-state index is 14.7. The minimum atomic E-state index is -1.27. The van der Waals surface area contributed by atoms with Crippen LogP contribution in [0, 0.1) is 23.4 Å². The number of anilines is 2. The fraction of sp³-hybridized carbons (Fsp3) is 0.480. The molecule has 3 N–H and O–H groups in total. The molecule has 2 aliphatic rings. The number of aliphatic hydroxyl groups is 1. The summed E-state index contributed by atoms with van der Waals surface area (Å²) in [6.07, 6.45) is 2.57. The molecule has 0 radical (unpaired) electrons. The first-order valence-electron chi connectivity index (χ1n) is 11.6. The summed E-state index contributed by atoms with van der Waals surface area (Å²) >= 11 is 0. The van der Waals surface area contributed by atoms with E-state index in [0.717, 1.165) is 44.2 Å². The molecular formula is C25H30F3N3O3. The first kappa shape index (κ1) is 24.5. The number of benzene rings is 2. The topological polar surface area (TPSA) is 73.8 Å². The standard InChI is InChI=1S/C25H30F3N3O3/c1-2-16-3-6-21(20(27)11-16)30-23-18(4-5-19(26)22(23)28)24(32)31-14-25(33,15-31)13-29-12-17-7-9-34-10-8-17/h3-6,11,17,29-30,33H,2,7-10,12-15H2,1H3. The Morgan fingerprint density at radius 1 is 1.15 bits per heavy atom. The first-order valence-corrected chi connectivity index (χ1v) is 11.6. The van der Waals surface area contributed by atoms with Crippen molar-refractivity contribution in [2.75, 3.05) is 44.7 Å². The minimum Gasteiger partial charge on any atom is -0.385 e. The van der Waals surface area contributed by atoms with E-state index in [9.17, 15) is 23.1 Å². The van der Waals surface area contributed by atoms with Crippen LogP contribution in [0.5, 0.6) is 0 Å². The molecule has 2 fully saturated rings. The van der Waals surface area contributed by atoms with E-state index in [4.69, 9.17) is 4.74 Å². The van der Waals surface area contributed by atoms with Crippen molar-refractivity contribution >= 4 is 17.3 Å². The summed E-state index contributed by atoms with van der Waals surface area (Å²) in [4.78, 5) is 14.4. The lowest BCUT2D eigenvalue weighted by atomic mass is 9.92. The van der Waals surface area contributed by atoms with E-state index in [1.165, 1.54) is 23.1 Å². The number of ether oxygens (including phenoxy) is 1. The molecule has 1 amide bonds. The number of aryl methyl sites for hydroxylation is 1. The van der Waals surface area contributed by atoms with Gasteiger partial charge in [-0.05, 0) is 61.6 Å². The fourth-order valence-electron chi connectivity index (χ4n) is 4.42. The average molecular weight is 478 g/mol. The molecule has 9 heteroatoms. The number of nitrogens with one attached hydrogen (secondary N) is 2. The van der Waals surface area contributed by atoms with Gasteiger partial charge in [-0.15, -0.1) is 0 Å². The quantitative estimate of drug-likeness (QED) is 0.542. The highest BCUT2D eigenvalue weighted by atomic mass is 19.2. The largest absolute Gasteiger partial charge is 0.385 e. The molecule has 2 aromatic carbocycles. The molecule has 0 aliphatic carbocycles. The molecule has 6 nitrogen and oxygen atoms in total. The van der Waals surface area contributed by atoms with Crippen LogP contribution in [0.2, 0.25) is 0 Å². The second-order valence-electron chi connectivity index (χ2n) is 9.15. The highest BCUT2D eigenvalue weighted by Crippen LogP contribution is 2.31. The number of hydrogen-bond donors (Lipinski definition) is 3. The number of carbonyl (C=O) groups is 1. The Balaban J connectivity index is 1.42. The van der Waals surface area contributed by atoms with Crippen LogP contribution in [0.1, 0.15) is 35.7 Å². The van der Waals surface area contributed by atoms with Crippen LogP contribution < -0.4 is 10.6 Å². The zero-order valence-corrected chi connectivity index (χ0v) is 19.2. The van der Waals surface area contributed by atoms with Gasteiger partial charge < -0.3 is 25.4 Å². The third-order valence-electron chi connectivity index (χ3n) is 6.51.